The molecule has 0 aliphatic carbocycles. The Kier molecular flexibility index (Phi) is 6.87. The Morgan fingerprint density at radius 2 is 1.44 bits per heavy atom. The lowest BCUT2D eigenvalue weighted by Gasteiger charge is -2.12. The Labute approximate surface area is 194 Å². The number of rotatable bonds is 7. The van der Waals surface area contributed by atoms with Gasteiger partial charge in [-0.25, -0.2) is 8.78 Å². The van der Waals surface area contributed by atoms with Crippen LogP contribution in [0.4, 0.5) is 22.0 Å². The van der Waals surface area contributed by atoms with Crippen LogP contribution in [0.25, 0.3) is 33.0 Å². The van der Waals surface area contributed by atoms with Crippen LogP contribution in [-0.2, 0) is 6.42 Å². The fourth-order valence-electron chi connectivity index (χ4n) is 4.01. The van der Waals surface area contributed by atoms with Gasteiger partial charge in [0.25, 0.3) is 0 Å². The second-order valence-corrected chi connectivity index (χ2v) is 8.21. The van der Waals surface area contributed by atoms with Gasteiger partial charge in [0.1, 0.15) is 5.82 Å². The molecule has 0 heterocycles. The smallest absolute Gasteiger partial charge is 0.403 e. The number of hydrogen-bond acceptors (Lipinski definition) is 1. The van der Waals surface area contributed by atoms with Crippen LogP contribution in [0.3, 0.4) is 0 Å². The molecule has 0 radical (unpaired) electrons. The summed E-state index contributed by atoms with van der Waals surface area (Å²) in [6.07, 6.45) is -0.416. The van der Waals surface area contributed by atoms with E-state index in [2.05, 4.69) is 35.9 Å². The highest BCUT2D eigenvalue weighted by Gasteiger charge is 2.32. The normalized spacial score (nSPS) is 11.7. The van der Waals surface area contributed by atoms with Crippen molar-refractivity contribution in [1.29, 1.82) is 0 Å². The highest BCUT2D eigenvalue weighted by molar-refractivity contribution is 5.91. The molecule has 176 valence electrons. The van der Waals surface area contributed by atoms with E-state index in [1.807, 2.05) is 12.1 Å². The van der Waals surface area contributed by atoms with Crippen LogP contribution < -0.4 is 4.74 Å². The third-order valence-corrected chi connectivity index (χ3v) is 5.78. The number of hydrogen-bond donors (Lipinski definition) is 0. The van der Waals surface area contributed by atoms with Crippen molar-refractivity contribution in [3.05, 3.63) is 90.0 Å². The molecular weight excluding hydrogens is 447 g/mol. The number of unbranched alkanes of at least 4 members (excludes halogenated alkanes) is 2. The Morgan fingerprint density at radius 1 is 0.735 bits per heavy atom. The second kappa shape index (κ2) is 9.84. The molecule has 4 aromatic carbocycles. The molecular formula is C28H23F5O. The number of ether oxygens (including phenoxy) is 1. The molecule has 4 aromatic rings. The van der Waals surface area contributed by atoms with Gasteiger partial charge in [-0.05, 0) is 58.7 Å². The highest BCUT2D eigenvalue weighted by Crippen LogP contribution is 2.34. The van der Waals surface area contributed by atoms with E-state index in [0.717, 1.165) is 36.1 Å². The van der Waals surface area contributed by atoms with Crippen molar-refractivity contribution in [2.45, 2.75) is 39.0 Å². The van der Waals surface area contributed by atoms with Gasteiger partial charge < -0.3 is 4.74 Å². The summed E-state index contributed by atoms with van der Waals surface area (Å²) in [6.45, 7) is 2.18. The zero-order valence-electron chi connectivity index (χ0n) is 18.6. The van der Waals surface area contributed by atoms with E-state index in [1.165, 1.54) is 30.5 Å². The van der Waals surface area contributed by atoms with Crippen LogP contribution in [0.2, 0.25) is 0 Å². The molecule has 1 nitrogen and oxygen atoms in total. The third-order valence-electron chi connectivity index (χ3n) is 5.78. The summed E-state index contributed by atoms with van der Waals surface area (Å²) in [4.78, 5) is 0. The van der Waals surface area contributed by atoms with E-state index in [0.29, 0.717) is 10.8 Å². The highest BCUT2D eigenvalue weighted by atomic mass is 19.4. The topological polar surface area (TPSA) is 9.23 Å². The maximum Gasteiger partial charge on any atom is 0.573 e. The summed E-state index contributed by atoms with van der Waals surface area (Å²) in [5, 5.41) is 1.01. The number of halogens is 5. The minimum absolute atomic E-state index is 0.0918. The van der Waals surface area contributed by atoms with Crippen LogP contribution in [0, 0.1) is 11.6 Å². The largest absolute Gasteiger partial charge is 0.573 e. The fraction of sp³-hybridized carbons (Fsp3) is 0.214. The molecule has 0 amide bonds. The summed E-state index contributed by atoms with van der Waals surface area (Å²) in [5.74, 6) is -2.75. The first-order chi connectivity index (χ1) is 16.2. The molecule has 6 heteroatoms. The lowest BCUT2D eigenvalue weighted by molar-refractivity contribution is -0.275. The van der Waals surface area contributed by atoms with Crippen molar-refractivity contribution in [3.63, 3.8) is 0 Å². The molecule has 0 spiro atoms. The van der Waals surface area contributed by atoms with Crippen LogP contribution in [0.5, 0.6) is 5.75 Å². The zero-order chi connectivity index (χ0) is 24.3. The Bertz CT molecular complexity index is 1290. The lowest BCUT2D eigenvalue weighted by Crippen LogP contribution is -2.17. The second-order valence-electron chi connectivity index (χ2n) is 8.21. The predicted octanol–water partition coefficient (Wildman–Crippen LogP) is 9.08. The third kappa shape index (κ3) is 5.38. The molecule has 0 N–H and O–H groups in total. The fourth-order valence-corrected chi connectivity index (χ4v) is 4.01. The first kappa shape index (κ1) is 23.7. The maximum atomic E-state index is 15.3. The van der Waals surface area contributed by atoms with Gasteiger partial charge in [-0.3, -0.25) is 0 Å². The standard InChI is InChI=1S/C28H23F5O/c1-2-3-4-5-18-6-8-19(9-7-18)20-10-13-23-21(16-20)11-14-24(27(23)30)22-12-15-26(25(29)17-22)34-28(31,32)33/h6-17H,2-5H2,1H3. The van der Waals surface area contributed by atoms with E-state index in [4.69, 9.17) is 0 Å². The van der Waals surface area contributed by atoms with E-state index < -0.39 is 23.7 Å². The summed E-state index contributed by atoms with van der Waals surface area (Å²) in [6, 6.07) is 19.8. The average molecular weight is 470 g/mol. The summed E-state index contributed by atoms with van der Waals surface area (Å²) >= 11 is 0. The maximum absolute atomic E-state index is 15.3. The minimum atomic E-state index is -5.01. The number of aryl methyl sites for hydroxylation is 1. The Balaban J connectivity index is 1.61. The minimum Gasteiger partial charge on any atom is -0.403 e. The van der Waals surface area contributed by atoms with Crippen molar-refractivity contribution < 1.29 is 26.7 Å². The SMILES string of the molecule is CCCCCc1ccc(-c2ccc3c(F)c(-c4ccc(OC(F)(F)F)c(F)c4)ccc3c2)cc1. The van der Waals surface area contributed by atoms with E-state index in [1.54, 1.807) is 12.1 Å². The van der Waals surface area contributed by atoms with Gasteiger partial charge in [0.2, 0.25) is 0 Å². The number of fused-ring (bicyclic) bond motifs is 1. The quantitative estimate of drug-likeness (QED) is 0.193. The van der Waals surface area contributed by atoms with Crippen molar-refractivity contribution in [2.24, 2.45) is 0 Å². The van der Waals surface area contributed by atoms with Crippen molar-refractivity contribution >= 4 is 10.8 Å². The van der Waals surface area contributed by atoms with Crippen molar-refractivity contribution in [2.75, 3.05) is 0 Å². The van der Waals surface area contributed by atoms with Crippen LogP contribution in [0.15, 0.2) is 72.8 Å². The molecule has 0 aliphatic heterocycles. The molecule has 0 aromatic heterocycles. The van der Waals surface area contributed by atoms with Gasteiger partial charge in [-0.2, -0.15) is 0 Å². The molecule has 0 aliphatic rings. The average Bonchev–Trinajstić information content (AvgIpc) is 2.80. The van der Waals surface area contributed by atoms with Crippen molar-refractivity contribution in [1.82, 2.24) is 0 Å². The van der Waals surface area contributed by atoms with Crippen LogP contribution in [0.1, 0.15) is 31.7 Å². The predicted molar refractivity (Wildman–Crippen MR) is 125 cm³/mol. The molecule has 0 bridgehead atoms. The molecule has 4 rings (SSSR count). The number of alkyl halides is 3. The zero-order valence-corrected chi connectivity index (χ0v) is 18.6. The first-order valence-corrected chi connectivity index (χ1v) is 11.1. The van der Waals surface area contributed by atoms with Gasteiger partial charge in [0.15, 0.2) is 11.6 Å². The molecule has 0 unspecified atom stereocenters. The first-order valence-electron chi connectivity index (χ1n) is 11.1. The van der Waals surface area contributed by atoms with Gasteiger partial charge in [-0.15, -0.1) is 13.2 Å². The van der Waals surface area contributed by atoms with Crippen LogP contribution >= 0.6 is 0 Å². The van der Waals surface area contributed by atoms with Gasteiger partial charge in [0.05, 0.1) is 0 Å². The molecule has 0 saturated heterocycles. The molecule has 0 atom stereocenters. The molecule has 0 saturated carbocycles. The Hall–Kier alpha value is -3.41. The Morgan fingerprint density at radius 3 is 2.12 bits per heavy atom. The van der Waals surface area contributed by atoms with Gasteiger partial charge in [-0.1, -0.05) is 74.4 Å². The summed E-state index contributed by atoms with van der Waals surface area (Å²) < 4.78 is 70.1. The van der Waals surface area contributed by atoms with Crippen LogP contribution in [-0.4, -0.2) is 6.36 Å². The van der Waals surface area contributed by atoms with Gasteiger partial charge in [0, 0.05) is 10.9 Å². The molecule has 34 heavy (non-hydrogen) atoms. The summed E-state index contributed by atoms with van der Waals surface area (Å²) in [7, 11) is 0. The van der Waals surface area contributed by atoms with E-state index in [-0.39, 0.29) is 11.1 Å². The summed E-state index contributed by atoms with van der Waals surface area (Å²) in [5.41, 5.74) is 3.46. The van der Waals surface area contributed by atoms with Crippen molar-refractivity contribution in [3.8, 4) is 28.0 Å². The monoisotopic (exact) mass is 470 g/mol. The van der Waals surface area contributed by atoms with Gasteiger partial charge >= 0.3 is 6.36 Å². The van der Waals surface area contributed by atoms with E-state index >= 15 is 4.39 Å². The van der Waals surface area contributed by atoms with E-state index in [9.17, 15) is 17.6 Å². The number of benzene rings is 4. The molecule has 0 fully saturated rings. The lowest BCUT2D eigenvalue weighted by atomic mass is 9.96.